The lowest BCUT2D eigenvalue weighted by atomic mass is 9.73. The van der Waals surface area contributed by atoms with Crippen molar-refractivity contribution < 1.29 is 14.0 Å². The lowest BCUT2D eigenvalue weighted by molar-refractivity contribution is -0.122. The number of hydrogen-bond acceptors (Lipinski definition) is 2. The number of carbonyl (C=O) groups is 2. The quantitative estimate of drug-likeness (QED) is 0.848. The van der Waals surface area contributed by atoms with Gasteiger partial charge < -0.3 is 5.32 Å². The van der Waals surface area contributed by atoms with Crippen LogP contribution >= 0.6 is 11.6 Å². The number of ketones is 1. The van der Waals surface area contributed by atoms with Crippen molar-refractivity contribution in [3.63, 3.8) is 0 Å². The average molecular weight is 370 g/mol. The Kier molecular flexibility index (Phi) is 4.37. The van der Waals surface area contributed by atoms with E-state index in [0.29, 0.717) is 34.7 Å². The lowest BCUT2D eigenvalue weighted by Crippen LogP contribution is -2.38. The molecule has 5 heteroatoms. The molecule has 0 unspecified atom stereocenters. The zero-order valence-electron chi connectivity index (χ0n) is 14.0. The van der Waals surface area contributed by atoms with Crippen molar-refractivity contribution >= 4 is 23.3 Å². The largest absolute Gasteiger partial charge is 0.329 e. The average Bonchev–Trinajstić information content (AvgIpc) is 2.61. The highest BCUT2D eigenvalue weighted by Gasteiger charge is 2.39. The second-order valence-corrected chi connectivity index (χ2v) is 7.18. The molecule has 1 aliphatic heterocycles. The van der Waals surface area contributed by atoms with Gasteiger partial charge in [-0.05, 0) is 35.6 Å². The zero-order valence-corrected chi connectivity index (χ0v) is 14.7. The Hall–Kier alpha value is -2.46. The highest BCUT2D eigenvalue weighted by Crippen LogP contribution is 2.44. The second-order valence-electron chi connectivity index (χ2n) is 6.77. The Morgan fingerprint density at radius 2 is 1.62 bits per heavy atom. The van der Waals surface area contributed by atoms with Crippen LogP contribution in [0.25, 0.3) is 0 Å². The molecule has 2 aromatic carbocycles. The predicted molar refractivity (Wildman–Crippen MR) is 97.4 cm³/mol. The molecule has 1 amide bonds. The minimum atomic E-state index is -0.528. The number of rotatable bonds is 2. The van der Waals surface area contributed by atoms with Crippen LogP contribution in [0.15, 0.2) is 59.8 Å². The van der Waals surface area contributed by atoms with Gasteiger partial charge in [-0.2, -0.15) is 0 Å². The highest BCUT2D eigenvalue weighted by molar-refractivity contribution is 6.31. The molecule has 0 fully saturated rings. The summed E-state index contributed by atoms with van der Waals surface area (Å²) in [7, 11) is 0. The van der Waals surface area contributed by atoms with Gasteiger partial charge in [0.1, 0.15) is 5.82 Å². The van der Waals surface area contributed by atoms with Gasteiger partial charge in [0.25, 0.3) is 0 Å². The van der Waals surface area contributed by atoms with E-state index in [1.165, 1.54) is 6.07 Å². The first-order valence-electron chi connectivity index (χ1n) is 8.59. The molecule has 0 aromatic heterocycles. The molecule has 1 heterocycles. The number of amides is 1. The van der Waals surface area contributed by atoms with Crippen LogP contribution in [0.2, 0.25) is 5.02 Å². The van der Waals surface area contributed by atoms with Gasteiger partial charge in [0.15, 0.2) is 5.78 Å². The molecule has 26 heavy (non-hydrogen) atoms. The summed E-state index contributed by atoms with van der Waals surface area (Å²) in [5, 5.41) is 3.45. The summed E-state index contributed by atoms with van der Waals surface area (Å²) in [6, 6.07) is 13.8. The van der Waals surface area contributed by atoms with E-state index in [9.17, 15) is 14.0 Å². The number of allylic oxidation sites excluding steroid dienone is 2. The van der Waals surface area contributed by atoms with Gasteiger partial charge in [-0.3, -0.25) is 9.59 Å². The van der Waals surface area contributed by atoms with Crippen LogP contribution in [0.5, 0.6) is 0 Å². The van der Waals surface area contributed by atoms with Crippen LogP contribution in [0, 0.1) is 5.82 Å². The van der Waals surface area contributed by atoms with Gasteiger partial charge in [0.2, 0.25) is 5.91 Å². The van der Waals surface area contributed by atoms with Gasteiger partial charge in [0, 0.05) is 35.1 Å². The van der Waals surface area contributed by atoms with Gasteiger partial charge in [-0.15, -0.1) is 0 Å². The van der Waals surface area contributed by atoms with Crippen molar-refractivity contribution in [2.45, 2.75) is 31.1 Å². The van der Waals surface area contributed by atoms with Gasteiger partial charge in [-0.25, -0.2) is 4.39 Å². The smallest absolute Gasteiger partial charge is 0.225 e. The van der Waals surface area contributed by atoms with Crippen molar-refractivity contribution in [2.75, 3.05) is 0 Å². The van der Waals surface area contributed by atoms with E-state index in [-0.39, 0.29) is 29.8 Å². The van der Waals surface area contributed by atoms with E-state index >= 15 is 0 Å². The highest BCUT2D eigenvalue weighted by atomic mass is 35.5. The summed E-state index contributed by atoms with van der Waals surface area (Å²) < 4.78 is 14.3. The third-order valence-corrected chi connectivity index (χ3v) is 5.51. The van der Waals surface area contributed by atoms with Crippen molar-refractivity contribution in [1.82, 2.24) is 5.32 Å². The molecular weight excluding hydrogens is 353 g/mol. The molecule has 2 aromatic rings. The Morgan fingerprint density at radius 1 is 0.923 bits per heavy atom. The minimum absolute atomic E-state index is 0.0515. The molecule has 4 rings (SSSR count). The maximum absolute atomic E-state index is 14.3. The molecule has 2 atom stereocenters. The maximum Gasteiger partial charge on any atom is 0.225 e. The van der Waals surface area contributed by atoms with Crippen LogP contribution in [0.4, 0.5) is 4.39 Å². The monoisotopic (exact) mass is 369 g/mol. The topological polar surface area (TPSA) is 46.2 Å². The number of halogens is 2. The Bertz CT molecular complexity index is 937. The Morgan fingerprint density at radius 3 is 2.35 bits per heavy atom. The first kappa shape index (κ1) is 17.0. The van der Waals surface area contributed by atoms with Gasteiger partial charge in [0.05, 0.1) is 0 Å². The number of nitrogens with one attached hydrogen (secondary N) is 1. The molecule has 0 spiro atoms. The fraction of sp³-hybridized carbons (Fsp3) is 0.238. The fourth-order valence-electron chi connectivity index (χ4n) is 4.01. The summed E-state index contributed by atoms with van der Waals surface area (Å²) in [5.74, 6) is -1.25. The third kappa shape index (κ3) is 2.95. The molecule has 1 aliphatic carbocycles. The number of carbonyl (C=O) groups excluding carboxylic acids is 2. The molecule has 1 N–H and O–H groups in total. The Balaban J connectivity index is 1.76. The molecule has 0 radical (unpaired) electrons. The summed E-state index contributed by atoms with van der Waals surface area (Å²) in [6.07, 6.45) is 0.910. The molecule has 0 saturated carbocycles. The molecule has 2 aliphatic rings. The molecule has 0 saturated heterocycles. The van der Waals surface area contributed by atoms with E-state index in [1.807, 2.05) is 18.2 Å². The zero-order chi connectivity index (χ0) is 18.3. The maximum atomic E-state index is 14.3. The lowest BCUT2D eigenvalue weighted by Gasteiger charge is -2.34. The number of hydrogen-bond donors (Lipinski definition) is 1. The third-order valence-electron chi connectivity index (χ3n) is 5.16. The molecule has 132 valence electrons. The molecule has 0 bridgehead atoms. The van der Waals surface area contributed by atoms with Crippen molar-refractivity contribution in [3.8, 4) is 0 Å². The van der Waals surface area contributed by atoms with Crippen LogP contribution in [-0.2, 0) is 9.59 Å². The van der Waals surface area contributed by atoms with Crippen LogP contribution in [-0.4, -0.2) is 11.7 Å². The number of benzene rings is 2. The van der Waals surface area contributed by atoms with Crippen LogP contribution < -0.4 is 5.32 Å². The van der Waals surface area contributed by atoms with Crippen molar-refractivity contribution in [2.24, 2.45) is 0 Å². The van der Waals surface area contributed by atoms with Gasteiger partial charge in [-0.1, -0.05) is 48.0 Å². The van der Waals surface area contributed by atoms with E-state index < -0.39 is 5.92 Å². The summed E-state index contributed by atoms with van der Waals surface area (Å²) in [5.41, 5.74) is 2.45. The van der Waals surface area contributed by atoms with Crippen molar-refractivity contribution in [1.29, 1.82) is 0 Å². The molecule has 3 nitrogen and oxygen atoms in total. The summed E-state index contributed by atoms with van der Waals surface area (Å²) in [4.78, 5) is 25.2. The van der Waals surface area contributed by atoms with E-state index in [0.717, 1.165) is 5.56 Å². The first-order chi connectivity index (χ1) is 12.5. The van der Waals surface area contributed by atoms with E-state index in [4.69, 9.17) is 11.6 Å². The van der Waals surface area contributed by atoms with Crippen LogP contribution in [0.3, 0.4) is 0 Å². The normalized spacial score (nSPS) is 22.8. The van der Waals surface area contributed by atoms with E-state index in [1.54, 1.807) is 24.3 Å². The predicted octanol–water partition coefficient (Wildman–Crippen LogP) is 4.48. The standard InChI is InChI=1S/C21H17ClFNO2/c22-16-7-3-1-5-13(16)12-9-18-21(19(25)10-12)15(11-20(26)24-18)14-6-2-4-8-17(14)23/h1-8,12,15H,9-11H2,(H,24,26)/t12-,15+/m0/s1. The second kappa shape index (κ2) is 6.69. The Labute approximate surface area is 155 Å². The molecular formula is C21H17ClFNO2. The summed E-state index contributed by atoms with van der Waals surface area (Å²) in [6.45, 7) is 0. The minimum Gasteiger partial charge on any atom is -0.329 e. The van der Waals surface area contributed by atoms with Gasteiger partial charge >= 0.3 is 0 Å². The fourth-order valence-corrected chi connectivity index (χ4v) is 4.30. The SMILES string of the molecule is O=C1C[C@H](c2ccccc2F)C2=C(C[C@H](c3ccccc3Cl)CC2=O)N1. The summed E-state index contributed by atoms with van der Waals surface area (Å²) >= 11 is 6.29. The number of Topliss-reactive ketones (excluding diaryl/α,β-unsaturated/α-hetero) is 1. The van der Waals surface area contributed by atoms with Crippen molar-refractivity contribution in [3.05, 3.63) is 81.8 Å². The van der Waals surface area contributed by atoms with E-state index in [2.05, 4.69) is 5.32 Å². The van der Waals surface area contributed by atoms with Crippen LogP contribution in [0.1, 0.15) is 42.2 Å². The first-order valence-corrected chi connectivity index (χ1v) is 8.97.